The SMILES string of the molecule is CCC[CH2][Sn]([CH2]CCC)([CH2]CCC)[CH2]CCC.O=C(O)CC(O)C(=O)O. The van der Waals surface area contributed by atoms with Gasteiger partial charge in [0.2, 0.25) is 0 Å². The molecule has 0 aliphatic heterocycles. The van der Waals surface area contributed by atoms with E-state index in [-0.39, 0.29) is 0 Å². The van der Waals surface area contributed by atoms with E-state index in [1.807, 2.05) is 0 Å². The van der Waals surface area contributed by atoms with E-state index >= 15 is 0 Å². The normalized spacial score (nSPS) is 12.2. The van der Waals surface area contributed by atoms with Gasteiger partial charge in [-0.15, -0.1) is 0 Å². The molecule has 156 valence electrons. The average molecular weight is 481 g/mol. The molecule has 0 bridgehead atoms. The van der Waals surface area contributed by atoms with Crippen molar-refractivity contribution in [2.75, 3.05) is 0 Å². The molecule has 26 heavy (non-hydrogen) atoms. The summed E-state index contributed by atoms with van der Waals surface area (Å²) in [6.07, 6.45) is 9.27. The Bertz CT molecular complexity index is 323. The number of carbonyl (C=O) groups is 2. The van der Waals surface area contributed by atoms with Crippen molar-refractivity contribution >= 4 is 30.3 Å². The fourth-order valence-corrected chi connectivity index (χ4v) is 20.1. The van der Waals surface area contributed by atoms with Gasteiger partial charge in [-0.25, -0.2) is 4.79 Å². The van der Waals surface area contributed by atoms with Crippen LogP contribution in [0.2, 0.25) is 17.7 Å². The molecule has 0 aromatic heterocycles. The summed E-state index contributed by atoms with van der Waals surface area (Å²) in [5.74, 6) is -2.85. The van der Waals surface area contributed by atoms with Gasteiger partial charge in [0.25, 0.3) is 0 Å². The van der Waals surface area contributed by atoms with Crippen LogP contribution in [0.3, 0.4) is 0 Å². The van der Waals surface area contributed by atoms with Crippen LogP contribution in [0.25, 0.3) is 0 Å². The third kappa shape index (κ3) is 15.9. The second-order valence-corrected chi connectivity index (χ2v) is 21.6. The van der Waals surface area contributed by atoms with Gasteiger partial charge in [0.05, 0.1) is 6.42 Å². The van der Waals surface area contributed by atoms with E-state index < -0.39 is 42.8 Å². The monoisotopic (exact) mass is 482 g/mol. The molecule has 0 aliphatic rings. The minimum absolute atomic E-state index is 0.755. The van der Waals surface area contributed by atoms with Crippen molar-refractivity contribution < 1.29 is 24.9 Å². The first-order valence-corrected chi connectivity index (χ1v) is 18.5. The van der Waals surface area contributed by atoms with Crippen molar-refractivity contribution in [3.63, 3.8) is 0 Å². The van der Waals surface area contributed by atoms with Gasteiger partial charge >= 0.3 is 127 Å². The number of aliphatic carboxylic acids is 2. The van der Waals surface area contributed by atoms with Crippen LogP contribution >= 0.6 is 0 Å². The molecule has 0 radical (unpaired) electrons. The summed E-state index contributed by atoms with van der Waals surface area (Å²) in [6, 6.07) is 0. The van der Waals surface area contributed by atoms with Gasteiger partial charge in [0.15, 0.2) is 6.10 Å². The van der Waals surface area contributed by atoms with Crippen molar-refractivity contribution in [2.45, 2.75) is 109 Å². The molecule has 5 nitrogen and oxygen atoms in total. The summed E-state index contributed by atoms with van der Waals surface area (Å²) in [7, 11) is 0. The topological polar surface area (TPSA) is 94.8 Å². The Balaban J connectivity index is 0. The van der Waals surface area contributed by atoms with Crippen LogP contribution in [-0.4, -0.2) is 51.7 Å². The maximum absolute atomic E-state index is 9.72. The Kier molecular flexibility index (Phi) is 19.4. The summed E-state index contributed by atoms with van der Waals surface area (Å²) in [6.45, 7) is 9.48. The molecule has 3 N–H and O–H groups in total. The predicted molar refractivity (Wildman–Crippen MR) is 111 cm³/mol. The second kappa shape index (κ2) is 18.1. The minimum atomic E-state index is -1.79. The van der Waals surface area contributed by atoms with Crippen molar-refractivity contribution in [1.82, 2.24) is 0 Å². The molecule has 0 saturated carbocycles. The molecule has 0 amide bonds. The van der Waals surface area contributed by atoms with Crippen LogP contribution in [0.5, 0.6) is 0 Å². The van der Waals surface area contributed by atoms with Crippen LogP contribution < -0.4 is 0 Å². The van der Waals surface area contributed by atoms with Gasteiger partial charge in [-0.3, -0.25) is 4.79 Å². The van der Waals surface area contributed by atoms with Crippen molar-refractivity contribution in [2.24, 2.45) is 0 Å². The zero-order valence-electron chi connectivity index (χ0n) is 17.4. The van der Waals surface area contributed by atoms with Crippen LogP contribution in [-0.2, 0) is 9.59 Å². The maximum atomic E-state index is 9.72. The third-order valence-corrected chi connectivity index (χ3v) is 21.0. The van der Waals surface area contributed by atoms with Crippen molar-refractivity contribution in [3.05, 3.63) is 0 Å². The van der Waals surface area contributed by atoms with Gasteiger partial charge in [-0.1, -0.05) is 0 Å². The Labute approximate surface area is 164 Å². The molecule has 0 aromatic carbocycles. The van der Waals surface area contributed by atoms with E-state index in [1.165, 1.54) is 51.4 Å². The molecule has 0 saturated heterocycles. The Morgan fingerprint density at radius 1 is 0.731 bits per heavy atom. The molecule has 1 atom stereocenters. The van der Waals surface area contributed by atoms with E-state index in [0.29, 0.717) is 0 Å². The van der Waals surface area contributed by atoms with E-state index in [0.717, 1.165) is 0 Å². The van der Waals surface area contributed by atoms with Crippen LogP contribution in [0.1, 0.15) is 85.5 Å². The summed E-state index contributed by atoms with van der Waals surface area (Å²) < 4.78 is 6.80. The fraction of sp³-hybridized carbons (Fsp3) is 0.900. The average Bonchev–Trinajstić information content (AvgIpc) is 2.60. The van der Waals surface area contributed by atoms with E-state index in [1.54, 1.807) is 17.7 Å². The quantitative estimate of drug-likeness (QED) is 0.267. The number of hydrogen-bond donors (Lipinski definition) is 3. The number of aliphatic hydroxyl groups is 1. The molecular formula is C20H42O5Sn. The van der Waals surface area contributed by atoms with E-state index in [9.17, 15) is 9.59 Å². The summed E-state index contributed by atoms with van der Waals surface area (Å²) >= 11 is -1.69. The number of aliphatic hydroxyl groups excluding tert-OH is 1. The zero-order chi connectivity index (χ0) is 20.4. The predicted octanol–water partition coefficient (Wildman–Crippen LogP) is 5.54. The fourth-order valence-electron chi connectivity index (χ4n) is 3.21. The molecule has 0 heterocycles. The van der Waals surface area contributed by atoms with Gasteiger partial charge < -0.3 is 15.3 Å². The number of hydrogen-bond acceptors (Lipinski definition) is 3. The summed E-state index contributed by atoms with van der Waals surface area (Å²) in [5.41, 5.74) is 0. The van der Waals surface area contributed by atoms with Gasteiger partial charge in [0, 0.05) is 0 Å². The van der Waals surface area contributed by atoms with Crippen molar-refractivity contribution in [3.8, 4) is 0 Å². The minimum Gasteiger partial charge on any atom is -0.481 e. The standard InChI is InChI=1S/C4H6O5.4C4H9.Sn/c5-2(4(8)9)1-3(6)7;4*1-3-4-2;/h2,5H,1H2,(H,6,7)(H,8,9);4*1,3-4H2,2H3;. The molecule has 0 aliphatic carbocycles. The molecule has 0 rings (SSSR count). The maximum Gasteiger partial charge on any atom is 0.333 e. The van der Waals surface area contributed by atoms with Gasteiger partial charge in [-0.2, -0.15) is 0 Å². The van der Waals surface area contributed by atoms with Gasteiger partial charge in [0.1, 0.15) is 0 Å². The Morgan fingerprint density at radius 3 is 1.19 bits per heavy atom. The zero-order valence-corrected chi connectivity index (χ0v) is 20.3. The summed E-state index contributed by atoms with van der Waals surface area (Å²) in [4.78, 5) is 19.4. The van der Waals surface area contributed by atoms with Gasteiger partial charge in [-0.05, 0) is 0 Å². The number of rotatable bonds is 15. The Hall–Kier alpha value is -0.301. The first kappa shape index (κ1) is 27.9. The second-order valence-electron chi connectivity index (χ2n) is 7.37. The largest absolute Gasteiger partial charge is 0.481 e. The number of carboxylic acid groups (broad SMARTS) is 2. The smallest absolute Gasteiger partial charge is 0.333 e. The van der Waals surface area contributed by atoms with Crippen LogP contribution in [0.15, 0.2) is 0 Å². The Morgan fingerprint density at radius 2 is 1.04 bits per heavy atom. The molecule has 6 heteroatoms. The number of carboxylic acids is 2. The number of unbranched alkanes of at least 4 members (excludes halogenated alkanes) is 4. The van der Waals surface area contributed by atoms with E-state index in [4.69, 9.17) is 15.3 Å². The molecule has 0 fully saturated rings. The first-order chi connectivity index (χ1) is 12.3. The third-order valence-electron chi connectivity index (χ3n) is 4.90. The van der Waals surface area contributed by atoms with E-state index in [2.05, 4.69) is 27.7 Å². The molecular weight excluding hydrogens is 439 g/mol. The molecule has 1 unspecified atom stereocenters. The first-order valence-electron chi connectivity index (χ1n) is 10.4. The van der Waals surface area contributed by atoms with Crippen LogP contribution in [0, 0.1) is 0 Å². The van der Waals surface area contributed by atoms with Crippen molar-refractivity contribution in [1.29, 1.82) is 0 Å². The molecule has 0 aromatic rings. The van der Waals surface area contributed by atoms with Crippen LogP contribution in [0.4, 0.5) is 0 Å². The summed E-state index contributed by atoms with van der Waals surface area (Å²) in [5, 5.41) is 24.1. The molecule has 0 spiro atoms.